The molecule has 1 atom stereocenters. The van der Waals surface area contributed by atoms with Gasteiger partial charge in [0.1, 0.15) is 0 Å². The number of hydrogen-bond acceptors (Lipinski definition) is 4. The molecule has 1 fully saturated rings. The van der Waals surface area contributed by atoms with Crippen LogP contribution < -0.4 is 5.43 Å². The first kappa shape index (κ1) is 17.5. The molecule has 0 aliphatic carbocycles. The molecular formula is C14H15F3N2O3S. The summed E-state index contributed by atoms with van der Waals surface area (Å²) >= 11 is 0. The molecule has 23 heavy (non-hydrogen) atoms. The molecule has 0 aromatic heterocycles. The second-order valence-electron chi connectivity index (χ2n) is 5.39. The highest BCUT2D eigenvalue weighted by atomic mass is 32.2. The van der Waals surface area contributed by atoms with Crippen LogP contribution in [0, 0.1) is 5.92 Å². The molecule has 2 rings (SSSR count). The number of carbonyl (C=O) groups is 1. The van der Waals surface area contributed by atoms with Gasteiger partial charge in [-0.15, -0.1) is 0 Å². The van der Waals surface area contributed by atoms with E-state index in [9.17, 15) is 26.4 Å². The lowest BCUT2D eigenvalue weighted by Crippen LogP contribution is -2.21. The van der Waals surface area contributed by atoms with Crippen LogP contribution in [0.5, 0.6) is 0 Å². The van der Waals surface area contributed by atoms with Crippen molar-refractivity contribution < 1.29 is 26.4 Å². The maximum Gasteiger partial charge on any atom is 0.416 e. The van der Waals surface area contributed by atoms with Crippen LogP contribution >= 0.6 is 0 Å². The Morgan fingerprint density at radius 3 is 2.74 bits per heavy atom. The average molecular weight is 348 g/mol. The summed E-state index contributed by atoms with van der Waals surface area (Å²) in [5.41, 5.74) is 1.59. The van der Waals surface area contributed by atoms with Crippen LogP contribution in [-0.4, -0.2) is 32.0 Å². The Bertz CT molecular complexity index is 714. The normalized spacial score (nSPS) is 20.7. The summed E-state index contributed by atoms with van der Waals surface area (Å²) in [4.78, 5) is 11.6. The number of rotatable bonds is 4. The number of sulfone groups is 1. The third-order valence-corrected chi connectivity index (χ3v) is 5.25. The second-order valence-corrected chi connectivity index (χ2v) is 7.62. The van der Waals surface area contributed by atoms with Crippen LogP contribution in [0.4, 0.5) is 13.2 Å². The molecule has 1 aliphatic rings. The van der Waals surface area contributed by atoms with E-state index in [1.54, 1.807) is 0 Å². The van der Waals surface area contributed by atoms with Crippen LogP contribution in [0.2, 0.25) is 0 Å². The third-order valence-electron chi connectivity index (χ3n) is 3.42. The molecule has 5 nitrogen and oxygen atoms in total. The van der Waals surface area contributed by atoms with Gasteiger partial charge >= 0.3 is 6.18 Å². The Hall–Kier alpha value is -1.90. The van der Waals surface area contributed by atoms with Crippen LogP contribution in [0.25, 0.3) is 0 Å². The van der Waals surface area contributed by atoms with Gasteiger partial charge in [0.2, 0.25) is 5.91 Å². The zero-order valence-electron chi connectivity index (χ0n) is 12.0. The molecule has 1 heterocycles. The predicted molar refractivity (Wildman–Crippen MR) is 78.6 cm³/mol. The van der Waals surface area contributed by atoms with Crippen molar-refractivity contribution in [1.82, 2.24) is 5.43 Å². The molecule has 0 radical (unpaired) electrons. The Balaban J connectivity index is 1.88. The summed E-state index contributed by atoms with van der Waals surface area (Å²) in [5, 5.41) is 3.60. The first-order valence-electron chi connectivity index (χ1n) is 6.85. The Kier molecular flexibility index (Phi) is 5.08. The van der Waals surface area contributed by atoms with Gasteiger partial charge in [-0.3, -0.25) is 4.79 Å². The lowest BCUT2D eigenvalue weighted by atomic mass is 10.1. The minimum Gasteiger partial charge on any atom is -0.273 e. The lowest BCUT2D eigenvalue weighted by Gasteiger charge is -2.07. The fourth-order valence-corrected chi connectivity index (χ4v) is 4.18. The maximum absolute atomic E-state index is 12.5. The van der Waals surface area contributed by atoms with Crippen LogP contribution in [-0.2, 0) is 20.8 Å². The standard InChI is InChI=1S/C14H15F3N2O3S/c15-14(16,17)12-3-1-2-10(6-12)8-18-19-13(20)7-11-4-5-23(21,22)9-11/h1-3,6,8,11H,4-5,7,9H2,(H,19,20)/b18-8-/t11-/m1/s1. The zero-order chi connectivity index (χ0) is 17.1. The van der Waals surface area contributed by atoms with E-state index in [0.29, 0.717) is 6.42 Å². The van der Waals surface area contributed by atoms with Crippen molar-refractivity contribution in [2.45, 2.75) is 19.0 Å². The van der Waals surface area contributed by atoms with Crippen molar-refractivity contribution in [3.8, 4) is 0 Å². The minimum atomic E-state index is -4.44. The van der Waals surface area contributed by atoms with Crippen molar-refractivity contribution in [3.63, 3.8) is 0 Å². The summed E-state index contributed by atoms with van der Waals surface area (Å²) in [6.07, 6.45) is -2.87. The van der Waals surface area contributed by atoms with E-state index < -0.39 is 27.5 Å². The molecule has 1 aromatic rings. The van der Waals surface area contributed by atoms with Gasteiger partial charge in [-0.05, 0) is 30.0 Å². The van der Waals surface area contributed by atoms with Gasteiger partial charge in [-0.2, -0.15) is 18.3 Å². The van der Waals surface area contributed by atoms with Gasteiger partial charge in [0, 0.05) is 6.42 Å². The summed E-state index contributed by atoms with van der Waals surface area (Å²) in [6, 6.07) is 4.53. The first-order chi connectivity index (χ1) is 10.7. The molecule has 1 amide bonds. The van der Waals surface area contributed by atoms with Gasteiger partial charge in [0.25, 0.3) is 0 Å². The van der Waals surface area contributed by atoms with E-state index in [4.69, 9.17) is 0 Å². The minimum absolute atomic E-state index is 0.0161. The number of nitrogens with zero attached hydrogens (tertiary/aromatic N) is 1. The average Bonchev–Trinajstić information content (AvgIpc) is 2.77. The third kappa shape index (κ3) is 5.34. The Morgan fingerprint density at radius 1 is 1.39 bits per heavy atom. The highest BCUT2D eigenvalue weighted by Crippen LogP contribution is 2.29. The predicted octanol–water partition coefficient (Wildman–Crippen LogP) is 1.98. The quantitative estimate of drug-likeness (QED) is 0.668. The highest BCUT2D eigenvalue weighted by Gasteiger charge is 2.30. The van der Waals surface area contributed by atoms with Gasteiger partial charge in [-0.25, -0.2) is 13.8 Å². The van der Waals surface area contributed by atoms with E-state index in [1.165, 1.54) is 12.1 Å². The summed E-state index contributed by atoms with van der Waals surface area (Å²) in [5.74, 6) is -0.630. The van der Waals surface area contributed by atoms with E-state index in [0.717, 1.165) is 18.3 Å². The molecule has 0 unspecified atom stereocenters. The van der Waals surface area contributed by atoms with Crippen molar-refractivity contribution >= 4 is 22.0 Å². The van der Waals surface area contributed by atoms with Crippen LogP contribution in [0.1, 0.15) is 24.0 Å². The number of hydrazone groups is 1. The maximum atomic E-state index is 12.5. The number of nitrogens with one attached hydrogen (secondary N) is 1. The second kappa shape index (κ2) is 6.69. The van der Waals surface area contributed by atoms with E-state index in [-0.39, 0.29) is 29.4 Å². The lowest BCUT2D eigenvalue weighted by molar-refractivity contribution is -0.137. The summed E-state index contributed by atoms with van der Waals surface area (Å²) in [7, 11) is -3.05. The molecular weight excluding hydrogens is 333 g/mol. The first-order valence-corrected chi connectivity index (χ1v) is 8.67. The van der Waals surface area contributed by atoms with Crippen molar-refractivity contribution in [2.75, 3.05) is 11.5 Å². The monoisotopic (exact) mass is 348 g/mol. The van der Waals surface area contributed by atoms with E-state index >= 15 is 0 Å². The molecule has 1 aliphatic heterocycles. The number of alkyl halides is 3. The summed E-state index contributed by atoms with van der Waals surface area (Å²) in [6.45, 7) is 0. The molecule has 1 saturated heterocycles. The van der Waals surface area contributed by atoms with E-state index in [1.807, 2.05) is 0 Å². The topological polar surface area (TPSA) is 75.6 Å². The zero-order valence-corrected chi connectivity index (χ0v) is 12.8. The molecule has 126 valence electrons. The van der Waals surface area contributed by atoms with Crippen molar-refractivity contribution in [2.24, 2.45) is 11.0 Å². The van der Waals surface area contributed by atoms with E-state index in [2.05, 4.69) is 10.5 Å². The van der Waals surface area contributed by atoms with Gasteiger partial charge in [0.05, 0.1) is 23.3 Å². The molecule has 9 heteroatoms. The van der Waals surface area contributed by atoms with Crippen LogP contribution in [0.3, 0.4) is 0 Å². The number of carbonyl (C=O) groups excluding carboxylic acids is 1. The molecule has 1 aromatic carbocycles. The largest absolute Gasteiger partial charge is 0.416 e. The highest BCUT2D eigenvalue weighted by molar-refractivity contribution is 7.91. The number of hydrogen-bond donors (Lipinski definition) is 1. The van der Waals surface area contributed by atoms with Crippen molar-refractivity contribution in [1.29, 1.82) is 0 Å². The molecule has 1 N–H and O–H groups in total. The molecule has 0 spiro atoms. The summed E-state index contributed by atoms with van der Waals surface area (Å²) < 4.78 is 60.2. The fraction of sp³-hybridized carbons (Fsp3) is 0.429. The van der Waals surface area contributed by atoms with Gasteiger partial charge in [-0.1, -0.05) is 12.1 Å². The fourth-order valence-electron chi connectivity index (χ4n) is 2.31. The number of amides is 1. The SMILES string of the molecule is O=C(C[C@H]1CCS(=O)(=O)C1)N/N=C\c1cccc(C(F)(F)F)c1. The number of benzene rings is 1. The van der Waals surface area contributed by atoms with Gasteiger partial charge < -0.3 is 0 Å². The van der Waals surface area contributed by atoms with Crippen LogP contribution in [0.15, 0.2) is 29.4 Å². The number of halogens is 3. The Labute approximate surface area is 131 Å². The van der Waals surface area contributed by atoms with Crippen molar-refractivity contribution in [3.05, 3.63) is 35.4 Å². The Morgan fingerprint density at radius 2 is 2.13 bits per heavy atom. The smallest absolute Gasteiger partial charge is 0.273 e. The molecule has 0 saturated carbocycles. The molecule has 0 bridgehead atoms. The van der Waals surface area contributed by atoms with Gasteiger partial charge in [0.15, 0.2) is 9.84 Å².